The van der Waals surface area contributed by atoms with Crippen LogP contribution in [0, 0.1) is 13.8 Å². The summed E-state index contributed by atoms with van der Waals surface area (Å²) in [6, 6.07) is 4.78. The fraction of sp³-hybridized carbons (Fsp3) is 0.167. The molecule has 6 nitrogen and oxygen atoms in total. The molecule has 1 aromatic carbocycles. The summed E-state index contributed by atoms with van der Waals surface area (Å²) < 4.78 is 27.0. The average molecular weight is 308 g/mol. The third kappa shape index (κ3) is 2.39. The van der Waals surface area contributed by atoms with Crippen LogP contribution in [0.4, 0.5) is 5.13 Å². The highest BCUT2D eigenvalue weighted by Gasteiger charge is 2.17. The fourth-order valence-corrected chi connectivity index (χ4v) is 3.82. The second-order valence-electron chi connectivity index (χ2n) is 4.40. The van der Waals surface area contributed by atoms with Crippen LogP contribution in [-0.2, 0) is 10.0 Å². The smallest absolute Gasteiger partial charge is 0.263 e. The first kappa shape index (κ1) is 13.1. The van der Waals surface area contributed by atoms with Crippen molar-refractivity contribution in [2.75, 3.05) is 4.72 Å². The van der Waals surface area contributed by atoms with Gasteiger partial charge in [0.05, 0.1) is 21.6 Å². The Morgan fingerprint density at radius 2 is 2.05 bits per heavy atom. The molecular weight excluding hydrogens is 296 g/mol. The lowest BCUT2D eigenvalue weighted by molar-refractivity contribution is 0.601. The second kappa shape index (κ2) is 4.57. The largest absolute Gasteiger partial charge is 0.342 e. The predicted molar refractivity (Wildman–Crippen MR) is 78.5 cm³/mol. The molecule has 3 aromatic rings. The number of aromatic amines is 1. The molecule has 0 saturated heterocycles. The van der Waals surface area contributed by atoms with E-state index in [4.69, 9.17) is 0 Å². The first-order chi connectivity index (χ1) is 9.44. The lowest BCUT2D eigenvalue weighted by atomic mass is 10.3. The Kier molecular flexibility index (Phi) is 2.98. The number of nitrogens with zero attached hydrogens (tertiary/aromatic N) is 2. The molecule has 0 unspecified atom stereocenters. The summed E-state index contributed by atoms with van der Waals surface area (Å²) in [4.78, 5) is 11.5. The molecule has 0 aliphatic carbocycles. The van der Waals surface area contributed by atoms with Gasteiger partial charge in [0.2, 0.25) is 0 Å². The van der Waals surface area contributed by atoms with Crippen molar-refractivity contribution in [2.45, 2.75) is 18.7 Å². The number of hydrogen-bond donors (Lipinski definition) is 2. The van der Waals surface area contributed by atoms with Crippen molar-refractivity contribution in [3.63, 3.8) is 0 Å². The average Bonchev–Trinajstić information content (AvgIpc) is 2.92. The van der Waals surface area contributed by atoms with Gasteiger partial charge in [0, 0.05) is 5.38 Å². The molecule has 104 valence electrons. The van der Waals surface area contributed by atoms with Gasteiger partial charge in [0.25, 0.3) is 10.0 Å². The number of sulfonamides is 1. The fourth-order valence-electron chi connectivity index (χ4n) is 1.86. The van der Waals surface area contributed by atoms with Crippen LogP contribution in [0.1, 0.15) is 11.5 Å². The summed E-state index contributed by atoms with van der Waals surface area (Å²) in [5, 5.41) is 2.16. The van der Waals surface area contributed by atoms with Gasteiger partial charge in [-0.05, 0) is 32.0 Å². The zero-order chi connectivity index (χ0) is 14.3. The van der Waals surface area contributed by atoms with Crippen LogP contribution in [0.15, 0.2) is 28.5 Å². The van der Waals surface area contributed by atoms with Crippen molar-refractivity contribution in [1.29, 1.82) is 0 Å². The van der Waals surface area contributed by atoms with E-state index >= 15 is 0 Å². The summed E-state index contributed by atoms with van der Waals surface area (Å²) in [7, 11) is -3.63. The van der Waals surface area contributed by atoms with Gasteiger partial charge in [-0.15, -0.1) is 11.3 Å². The number of thiazole rings is 1. The second-order valence-corrected chi connectivity index (χ2v) is 6.94. The van der Waals surface area contributed by atoms with Crippen LogP contribution in [0.5, 0.6) is 0 Å². The summed E-state index contributed by atoms with van der Waals surface area (Å²) in [5.74, 6) is 0.748. The van der Waals surface area contributed by atoms with Gasteiger partial charge in [-0.3, -0.25) is 4.72 Å². The minimum absolute atomic E-state index is 0.182. The van der Waals surface area contributed by atoms with Crippen LogP contribution in [0.25, 0.3) is 11.0 Å². The van der Waals surface area contributed by atoms with E-state index in [9.17, 15) is 8.42 Å². The van der Waals surface area contributed by atoms with Crippen molar-refractivity contribution in [1.82, 2.24) is 15.0 Å². The Labute approximate surface area is 119 Å². The van der Waals surface area contributed by atoms with Crippen LogP contribution in [-0.4, -0.2) is 23.4 Å². The summed E-state index contributed by atoms with van der Waals surface area (Å²) in [5.41, 5.74) is 2.22. The molecule has 0 radical (unpaired) electrons. The third-order valence-corrected chi connectivity index (χ3v) is 5.06. The minimum atomic E-state index is -3.63. The topological polar surface area (TPSA) is 87.7 Å². The SMILES string of the molecule is Cc1csc(NS(=O)(=O)c2ccc3nc(C)[nH]c3c2)n1. The Bertz CT molecular complexity index is 880. The zero-order valence-corrected chi connectivity index (χ0v) is 12.5. The third-order valence-electron chi connectivity index (χ3n) is 2.72. The molecule has 0 aliphatic rings. The number of benzene rings is 1. The van der Waals surface area contributed by atoms with Crippen molar-refractivity contribution in [3.05, 3.63) is 35.1 Å². The first-order valence-corrected chi connectivity index (χ1v) is 8.22. The van der Waals surface area contributed by atoms with Crippen LogP contribution >= 0.6 is 11.3 Å². The van der Waals surface area contributed by atoms with E-state index in [2.05, 4.69) is 19.7 Å². The van der Waals surface area contributed by atoms with Crippen LogP contribution in [0.3, 0.4) is 0 Å². The zero-order valence-electron chi connectivity index (χ0n) is 10.8. The highest BCUT2D eigenvalue weighted by Crippen LogP contribution is 2.22. The molecule has 0 fully saturated rings. The van der Waals surface area contributed by atoms with Gasteiger partial charge in [-0.2, -0.15) is 0 Å². The Morgan fingerprint density at radius 3 is 2.75 bits per heavy atom. The Morgan fingerprint density at radius 1 is 1.25 bits per heavy atom. The number of nitrogens with one attached hydrogen (secondary N) is 2. The highest BCUT2D eigenvalue weighted by atomic mass is 32.2. The molecule has 0 spiro atoms. The standard InChI is InChI=1S/C12H12N4O2S2/c1-7-6-19-12(13-7)16-20(17,18)9-3-4-10-11(5-9)15-8(2)14-10/h3-6H,1-2H3,(H,13,16)(H,14,15). The molecule has 0 bridgehead atoms. The number of fused-ring (bicyclic) bond motifs is 1. The molecule has 2 N–H and O–H groups in total. The number of aryl methyl sites for hydroxylation is 2. The van der Waals surface area contributed by atoms with E-state index in [1.54, 1.807) is 17.5 Å². The summed E-state index contributed by atoms with van der Waals surface area (Å²) in [6.45, 7) is 3.64. The normalized spacial score (nSPS) is 11.9. The molecule has 0 atom stereocenters. The summed E-state index contributed by atoms with van der Waals surface area (Å²) >= 11 is 1.26. The number of imidazole rings is 1. The van der Waals surface area contributed by atoms with E-state index in [1.807, 2.05) is 13.8 Å². The number of anilines is 1. The predicted octanol–water partition coefficient (Wildman–Crippen LogP) is 2.44. The first-order valence-electron chi connectivity index (χ1n) is 5.85. The Hall–Kier alpha value is -1.93. The van der Waals surface area contributed by atoms with Crippen molar-refractivity contribution >= 4 is 37.5 Å². The van der Waals surface area contributed by atoms with Gasteiger partial charge in [0.1, 0.15) is 5.82 Å². The van der Waals surface area contributed by atoms with Crippen LogP contribution < -0.4 is 4.72 Å². The van der Waals surface area contributed by atoms with E-state index in [0.717, 1.165) is 17.0 Å². The lowest BCUT2D eigenvalue weighted by Gasteiger charge is -2.04. The number of rotatable bonds is 3. The number of H-pyrrole nitrogens is 1. The van der Waals surface area contributed by atoms with Crippen molar-refractivity contribution in [3.8, 4) is 0 Å². The monoisotopic (exact) mass is 308 g/mol. The van der Waals surface area contributed by atoms with Gasteiger partial charge >= 0.3 is 0 Å². The molecule has 0 saturated carbocycles. The molecule has 0 aliphatic heterocycles. The minimum Gasteiger partial charge on any atom is -0.342 e. The lowest BCUT2D eigenvalue weighted by Crippen LogP contribution is -2.12. The van der Waals surface area contributed by atoms with Crippen molar-refractivity contribution < 1.29 is 8.42 Å². The van der Waals surface area contributed by atoms with Gasteiger partial charge in [0.15, 0.2) is 5.13 Å². The maximum atomic E-state index is 12.3. The summed E-state index contributed by atoms with van der Waals surface area (Å²) in [6.07, 6.45) is 0. The van der Waals surface area contributed by atoms with Crippen molar-refractivity contribution in [2.24, 2.45) is 0 Å². The van der Waals surface area contributed by atoms with Gasteiger partial charge in [-0.25, -0.2) is 18.4 Å². The molecule has 3 rings (SSSR count). The van der Waals surface area contributed by atoms with Gasteiger partial charge in [-0.1, -0.05) is 0 Å². The molecule has 0 amide bonds. The quantitative estimate of drug-likeness (QED) is 0.778. The molecular formula is C12H12N4O2S2. The molecule has 20 heavy (non-hydrogen) atoms. The van der Waals surface area contributed by atoms with Crippen LogP contribution in [0.2, 0.25) is 0 Å². The number of hydrogen-bond acceptors (Lipinski definition) is 5. The van der Waals surface area contributed by atoms with E-state index < -0.39 is 10.0 Å². The molecule has 8 heteroatoms. The van der Waals surface area contributed by atoms with E-state index in [1.165, 1.54) is 17.4 Å². The van der Waals surface area contributed by atoms with Gasteiger partial charge < -0.3 is 4.98 Å². The molecule has 2 heterocycles. The maximum Gasteiger partial charge on any atom is 0.263 e. The molecule has 2 aromatic heterocycles. The number of aromatic nitrogens is 3. The maximum absolute atomic E-state index is 12.3. The highest BCUT2D eigenvalue weighted by molar-refractivity contribution is 7.93. The van der Waals surface area contributed by atoms with E-state index in [-0.39, 0.29) is 4.90 Å². The Balaban J connectivity index is 1.99. The van der Waals surface area contributed by atoms with E-state index in [0.29, 0.717) is 10.6 Å².